The third-order valence-electron chi connectivity index (χ3n) is 6.44. The van der Waals surface area contributed by atoms with Crippen LogP contribution in [0.3, 0.4) is 0 Å². The van der Waals surface area contributed by atoms with Gasteiger partial charge >= 0.3 is 0 Å². The largest absolute Gasteiger partial charge is 0.507 e. The maximum Gasteiger partial charge on any atom is 0.300 e. The molecule has 8 heteroatoms. The number of carbonyl (C=O) groups is 2. The first kappa shape index (κ1) is 26.4. The number of aryl methyl sites for hydroxylation is 1. The van der Waals surface area contributed by atoms with E-state index < -0.39 is 23.5 Å². The highest BCUT2D eigenvalue weighted by molar-refractivity contribution is 6.52. The smallest absolute Gasteiger partial charge is 0.300 e. The van der Waals surface area contributed by atoms with E-state index >= 15 is 0 Å². The van der Waals surface area contributed by atoms with Gasteiger partial charge in [0.1, 0.15) is 23.0 Å². The van der Waals surface area contributed by atoms with Gasteiger partial charge < -0.3 is 14.6 Å². The Morgan fingerprint density at radius 3 is 2.28 bits per heavy atom. The van der Waals surface area contributed by atoms with Crippen molar-refractivity contribution in [2.45, 2.75) is 13.0 Å². The summed E-state index contributed by atoms with van der Waals surface area (Å²) in [5, 5.41) is 12.0. The number of benzene rings is 4. The molecule has 1 atom stereocenters. The van der Waals surface area contributed by atoms with Crippen LogP contribution in [-0.2, 0) is 9.59 Å². The van der Waals surface area contributed by atoms with E-state index in [9.17, 15) is 14.7 Å². The Bertz CT molecular complexity index is 1620. The standard InChI is InChI=1S/C31H23Cl2NO5/c1-18-9-6-7-14-25(18)34-27(19-10-8-13-22(15-19)39-21-11-4-3-5-12-21)26(29(36)31(34)37)28(35)23-16-20(32)17-24(33)30(23)38-2/h3-17,27,35H,1-2H3/b28-26+. The summed E-state index contributed by atoms with van der Waals surface area (Å²) in [7, 11) is 1.39. The maximum atomic E-state index is 13.6. The average molecular weight is 560 g/mol. The van der Waals surface area contributed by atoms with Crippen molar-refractivity contribution < 1.29 is 24.2 Å². The van der Waals surface area contributed by atoms with Crippen LogP contribution in [0.2, 0.25) is 10.0 Å². The van der Waals surface area contributed by atoms with Crippen LogP contribution in [0.1, 0.15) is 22.7 Å². The lowest BCUT2D eigenvalue weighted by atomic mass is 9.94. The third-order valence-corrected chi connectivity index (χ3v) is 6.94. The zero-order valence-electron chi connectivity index (χ0n) is 21.0. The molecule has 5 rings (SSSR count). The van der Waals surface area contributed by atoms with Gasteiger partial charge in [-0.2, -0.15) is 0 Å². The normalized spacial score (nSPS) is 16.4. The molecular formula is C31H23Cl2NO5. The molecule has 1 amide bonds. The number of Topliss-reactive ketones (excluding diaryl/α,β-unsaturated/α-hetero) is 1. The number of hydrogen-bond donors (Lipinski definition) is 1. The SMILES string of the molecule is COc1c(Cl)cc(Cl)cc1/C(O)=C1\C(=O)C(=O)N(c2ccccc2C)C1c1cccc(Oc2ccccc2)c1. The molecule has 1 fully saturated rings. The van der Waals surface area contributed by atoms with Gasteiger partial charge in [-0.3, -0.25) is 14.5 Å². The molecule has 0 radical (unpaired) electrons. The number of aliphatic hydroxyl groups excluding tert-OH is 1. The van der Waals surface area contributed by atoms with Crippen molar-refractivity contribution in [3.63, 3.8) is 0 Å². The molecule has 0 bridgehead atoms. The topological polar surface area (TPSA) is 76.1 Å². The first-order valence-electron chi connectivity index (χ1n) is 12.0. The third kappa shape index (κ3) is 4.97. The summed E-state index contributed by atoms with van der Waals surface area (Å²) < 4.78 is 11.4. The van der Waals surface area contributed by atoms with Crippen LogP contribution in [-0.4, -0.2) is 23.9 Å². The van der Waals surface area contributed by atoms with Crippen molar-refractivity contribution in [1.29, 1.82) is 0 Å². The fourth-order valence-corrected chi connectivity index (χ4v) is 5.26. The van der Waals surface area contributed by atoms with Gasteiger partial charge in [0.25, 0.3) is 11.7 Å². The summed E-state index contributed by atoms with van der Waals surface area (Å²) >= 11 is 12.6. The quantitative estimate of drug-likeness (QED) is 0.148. The maximum absolute atomic E-state index is 13.6. The first-order valence-corrected chi connectivity index (χ1v) is 12.8. The molecule has 1 saturated heterocycles. The Hall–Kier alpha value is -4.26. The van der Waals surface area contributed by atoms with Crippen molar-refractivity contribution in [2.24, 2.45) is 0 Å². The van der Waals surface area contributed by atoms with E-state index in [0.717, 1.165) is 5.56 Å². The van der Waals surface area contributed by atoms with E-state index in [0.29, 0.717) is 22.7 Å². The number of rotatable bonds is 6. The van der Waals surface area contributed by atoms with Crippen molar-refractivity contribution in [3.05, 3.63) is 123 Å². The number of anilines is 1. The van der Waals surface area contributed by atoms with Crippen molar-refractivity contribution in [2.75, 3.05) is 12.0 Å². The lowest BCUT2D eigenvalue weighted by Gasteiger charge is -2.27. The molecule has 1 heterocycles. The zero-order chi connectivity index (χ0) is 27.7. The summed E-state index contributed by atoms with van der Waals surface area (Å²) in [6.45, 7) is 1.85. The number of para-hydroxylation sites is 2. The van der Waals surface area contributed by atoms with Gasteiger partial charge in [-0.15, -0.1) is 0 Å². The van der Waals surface area contributed by atoms with Crippen LogP contribution in [0, 0.1) is 6.92 Å². The van der Waals surface area contributed by atoms with Crippen LogP contribution in [0.25, 0.3) is 5.76 Å². The average Bonchev–Trinajstić information content (AvgIpc) is 3.19. The second kappa shape index (κ2) is 10.8. The number of halogens is 2. The molecule has 4 aromatic rings. The van der Waals surface area contributed by atoms with Crippen LogP contribution in [0.4, 0.5) is 5.69 Å². The molecule has 1 aliphatic heterocycles. The van der Waals surface area contributed by atoms with Gasteiger partial charge in [0.05, 0.1) is 29.3 Å². The Labute approximate surface area is 235 Å². The molecule has 0 aromatic heterocycles. The van der Waals surface area contributed by atoms with E-state index in [1.165, 1.54) is 24.1 Å². The number of ether oxygens (including phenoxy) is 2. The van der Waals surface area contributed by atoms with E-state index in [1.807, 2.05) is 49.4 Å². The second-order valence-electron chi connectivity index (χ2n) is 8.91. The van der Waals surface area contributed by atoms with Gasteiger partial charge in [0.2, 0.25) is 0 Å². The van der Waals surface area contributed by atoms with Crippen LogP contribution in [0.15, 0.2) is 96.6 Å². The zero-order valence-corrected chi connectivity index (χ0v) is 22.5. The highest BCUT2D eigenvalue weighted by Gasteiger charge is 2.47. The Morgan fingerprint density at radius 2 is 1.56 bits per heavy atom. The molecule has 39 heavy (non-hydrogen) atoms. The molecule has 1 unspecified atom stereocenters. The second-order valence-corrected chi connectivity index (χ2v) is 9.76. The Morgan fingerprint density at radius 1 is 0.872 bits per heavy atom. The van der Waals surface area contributed by atoms with Crippen LogP contribution in [0.5, 0.6) is 17.2 Å². The first-order chi connectivity index (χ1) is 18.8. The summed E-state index contributed by atoms with van der Waals surface area (Å²) in [5.41, 5.74) is 1.84. The number of ketones is 1. The van der Waals surface area contributed by atoms with Gasteiger partial charge in [-0.1, -0.05) is 71.7 Å². The number of hydrogen-bond acceptors (Lipinski definition) is 5. The molecule has 4 aromatic carbocycles. The Balaban J connectivity index is 1.73. The number of aliphatic hydroxyl groups is 1. The number of carbonyl (C=O) groups excluding carboxylic acids is 2. The molecule has 0 aliphatic carbocycles. The Kier molecular flexibility index (Phi) is 7.33. The molecule has 1 N–H and O–H groups in total. The fraction of sp³-hybridized carbons (Fsp3) is 0.0968. The summed E-state index contributed by atoms with van der Waals surface area (Å²) in [4.78, 5) is 28.6. The monoisotopic (exact) mass is 559 g/mol. The number of nitrogens with zero attached hydrogens (tertiary/aromatic N) is 1. The summed E-state index contributed by atoms with van der Waals surface area (Å²) in [6, 6.07) is 25.5. The van der Waals surface area contributed by atoms with Crippen molar-refractivity contribution in [3.8, 4) is 17.2 Å². The summed E-state index contributed by atoms with van der Waals surface area (Å²) in [6.07, 6.45) is 0. The minimum absolute atomic E-state index is 0.0967. The number of methoxy groups -OCH3 is 1. The lowest BCUT2D eigenvalue weighted by molar-refractivity contribution is -0.132. The molecular weight excluding hydrogens is 537 g/mol. The molecule has 1 aliphatic rings. The predicted octanol–water partition coefficient (Wildman–Crippen LogP) is 7.73. The van der Waals surface area contributed by atoms with Gasteiger partial charge in [0, 0.05) is 10.7 Å². The fourth-order valence-electron chi connectivity index (χ4n) is 4.69. The number of amides is 1. The van der Waals surface area contributed by atoms with Crippen LogP contribution >= 0.6 is 23.2 Å². The predicted molar refractivity (Wildman–Crippen MR) is 152 cm³/mol. The van der Waals surface area contributed by atoms with E-state index in [1.54, 1.807) is 36.4 Å². The molecule has 6 nitrogen and oxygen atoms in total. The molecule has 0 saturated carbocycles. The molecule has 196 valence electrons. The van der Waals surface area contributed by atoms with E-state index in [2.05, 4.69) is 0 Å². The van der Waals surface area contributed by atoms with Crippen LogP contribution < -0.4 is 14.4 Å². The van der Waals surface area contributed by atoms with Crippen molar-refractivity contribution in [1.82, 2.24) is 0 Å². The highest BCUT2D eigenvalue weighted by Crippen LogP contribution is 2.46. The van der Waals surface area contributed by atoms with Gasteiger partial charge in [-0.25, -0.2) is 0 Å². The summed E-state index contributed by atoms with van der Waals surface area (Å²) in [5.74, 6) is -0.838. The van der Waals surface area contributed by atoms with E-state index in [-0.39, 0.29) is 26.9 Å². The van der Waals surface area contributed by atoms with Gasteiger partial charge in [0.15, 0.2) is 0 Å². The lowest BCUT2D eigenvalue weighted by Crippen LogP contribution is -2.30. The minimum Gasteiger partial charge on any atom is -0.507 e. The van der Waals surface area contributed by atoms with Crippen molar-refractivity contribution >= 4 is 46.3 Å². The minimum atomic E-state index is -0.979. The molecule has 0 spiro atoms. The van der Waals surface area contributed by atoms with E-state index in [4.69, 9.17) is 32.7 Å². The highest BCUT2D eigenvalue weighted by atomic mass is 35.5. The van der Waals surface area contributed by atoms with Gasteiger partial charge in [-0.05, 0) is 60.5 Å².